The lowest BCUT2D eigenvalue weighted by molar-refractivity contribution is 0.102. The highest BCUT2D eigenvalue weighted by molar-refractivity contribution is 6.04. The second-order valence-electron chi connectivity index (χ2n) is 7.55. The molecule has 3 aromatic carbocycles. The molecule has 154 valence electrons. The van der Waals surface area contributed by atoms with Crippen molar-refractivity contribution in [3.05, 3.63) is 85.9 Å². The van der Waals surface area contributed by atoms with Crippen LogP contribution in [0.25, 0.3) is 0 Å². The number of hydrogen-bond donors (Lipinski definition) is 3. The minimum Gasteiger partial charge on any atom is -0.377 e. The molecule has 0 radical (unpaired) electrons. The summed E-state index contributed by atoms with van der Waals surface area (Å²) in [5, 5.41) is 8.95. The van der Waals surface area contributed by atoms with Crippen LogP contribution in [0.1, 0.15) is 41.6 Å². The van der Waals surface area contributed by atoms with Crippen molar-refractivity contribution in [3.8, 4) is 0 Å². The molecular weight excluding hydrogens is 385 g/mol. The van der Waals surface area contributed by atoms with Crippen LogP contribution < -0.4 is 26.8 Å². The van der Waals surface area contributed by atoms with Crippen molar-refractivity contribution in [2.75, 3.05) is 16.0 Å². The van der Waals surface area contributed by atoms with Crippen LogP contribution in [0.4, 0.5) is 21.5 Å². The van der Waals surface area contributed by atoms with E-state index in [-0.39, 0.29) is 17.8 Å². The van der Waals surface area contributed by atoms with Crippen molar-refractivity contribution < 1.29 is 9.18 Å². The third-order valence-corrected chi connectivity index (χ3v) is 5.40. The van der Waals surface area contributed by atoms with E-state index in [4.69, 9.17) is 0 Å². The van der Waals surface area contributed by atoms with Gasteiger partial charge < -0.3 is 16.0 Å². The molecule has 4 rings (SSSR count). The van der Waals surface area contributed by atoms with E-state index < -0.39 is 10.9 Å². The van der Waals surface area contributed by atoms with Crippen LogP contribution in [0.5, 0.6) is 0 Å². The van der Waals surface area contributed by atoms with Crippen LogP contribution >= 0.6 is 0 Å². The molecule has 1 aliphatic carbocycles. The molecule has 0 spiro atoms. The normalized spacial score (nSPS) is 14.0. The quantitative estimate of drug-likeness (QED) is 0.521. The van der Waals surface area contributed by atoms with E-state index in [9.17, 15) is 18.8 Å². The molecule has 0 aromatic heterocycles. The van der Waals surface area contributed by atoms with Crippen LogP contribution in [0.15, 0.2) is 58.1 Å². The summed E-state index contributed by atoms with van der Waals surface area (Å²) in [4.78, 5) is 36.1. The summed E-state index contributed by atoms with van der Waals surface area (Å²) in [6.07, 6.45) is 4.30. The molecule has 0 atom stereocenters. The van der Waals surface area contributed by atoms with Crippen molar-refractivity contribution in [2.24, 2.45) is 0 Å². The molecule has 0 aliphatic heterocycles. The minimum absolute atomic E-state index is 0.257. The summed E-state index contributed by atoms with van der Waals surface area (Å²) >= 11 is 0. The molecule has 0 bridgehead atoms. The summed E-state index contributed by atoms with van der Waals surface area (Å²) in [7, 11) is 0. The van der Waals surface area contributed by atoms with E-state index in [1.807, 2.05) is 0 Å². The summed E-state index contributed by atoms with van der Waals surface area (Å²) in [6, 6.07) is 12.7. The van der Waals surface area contributed by atoms with Gasteiger partial charge in [-0.3, -0.25) is 14.4 Å². The van der Waals surface area contributed by atoms with Gasteiger partial charge in [-0.25, -0.2) is 4.39 Å². The van der Waals surface area contributed by atoms with Crippen molar-refractivity contribution >= 4 is 23.0 Å². The van der Waals surface area contributed by atoms with Crippen LogP contribution in [0, 0.1) is 5.82 Å². The monoisotopic (exact) mass is 407 g/mol. The third-order valence-electron chi connectivity index (χ3n) is 5.40. The fourth-order valence-corrected chi connectivity index (χ4v) is 3.67. The zero-order chi connectivity index (χ0) is 21.1. The Morgan fingerprint density at radius 3 is 2.20 bits per heavy atom. The molecule has 30 heavy (non-hydrogen) atoms. The lowest BCUT2D eigenvalue weighted by Crippen LogP contribution is -2.39. The highest BCUT2D eigenvalue weighted by Gasteiger charge is 2.24. The fourth-order valence-electron chi connectivity index (χ4n) is 3.67. The molecule has 1 fully saturated rings. The molecule has 1 amide bonds. The maximum Gasteiger partial charge on any atom is 0.255 e. The topological polar surface area (TPSA) is 87.3 Å². The summed E-state index contributed by atoms with van der Waals surface area (Å²) < 4.78 is 13.0. The molecule has 0 unspecified atom stereocenters. The van der Waals surface area contributed by atoms with E-state index in [0.717, 1.165) is 31.2 Å². The third kappa shape index (κ3) is 4.25. The highest BCUT2D eigenvalue weighted by atomic mass is 19.1. The van der Waals surface area contributed by atoms with Crippen LogP contribution in [0.3, 0.4) is 0 Å². The first kappa shape index (κ1) is 19.8. The molecule has 3 aromatic rings. The molecular formula is C23H22FN3O3. The van der Waals surface area contributed by atoms with E-state index in [0.29, 0.717) is 29.2 Å². The Morgan fingerprint density at radius 2 is 1.53 bits per heavy atom. The van der Waals surface area contributed by atoms with Gasteiger partial charge >= 0.3 is 0 Å². The molecule has 1 saturated carbocycles. The number of hydrogen-bond acceptors (Lipinski definition) is 5. The van der Waals surface area contributed by atoms with Crippen molar-refractivity contribution in [1.82, 2.24) is 0 Å². The predicted molar refractivity (Wildman–Crippen MR) is 115 cm³/mol. The van der Waals surface area contributed by atoms with Crippen LogP contribution in [-0.4, -0.2) is 11.9 Å². The lowest BCUT2D eigenvalue weighted by Gasteiger charge is -2.18. The predicted octanol–water partition coefficient (Wildman–Crippen LogP) is 3.64. The minimum atomic E-state index is -0.495. The fraction of sp³-hybridized carbons (Fsp3) is 0.261. The van der Waals surface area contributed by atoms with Crippen molar-refractivity contribution in [2.45, 2.75) is 38.3 Å². The number of anilines is 3. The number of benzene rings is 2. The molecule has 1 aliphatic rings. The van der Waals surface area contributed by atoms with E-state index in [1.165, 1.54) is 24.3 Å². The standard InChI is InChI=1S/C23H22FN3O3/c24-16-9-11-18(12-10-16)27-23(30)15-7-5-14(6-8-15)13-25-19-20(22(29)21(19)28)26-17-3-1-2-4-17/h5-12,17,25-26H,1-4,13H2,(H,27,30). The second kappa shape index (κ2) is 8.49. The maximum absolute atomic E-state index is 13.0. The van der Waals surface area contributed by atoms with Gasteiger partial charge in [-0.15, -0.1) is 0 Å². The first-order valence-corrected chi connectivity index (χ1v) is 10.0. The van der Waals surface area contributed by atoms with Crippen molar-refractivity contribution in [3.63, 3.8) is 0 Å². The molecule has 6 nitrogen and oxygen atoms in total. The SMILES string of the molecule is O=C(Nc1ccc(F)cc1)c1ccc(CNc2c(NC3CCCC3)c(=O)c2=O)cc1. The molecule has 3 N–H and O–H groups in total. The largest absolute Gasteiger partial charge is 0.377 e. The summed E-state index contributed by atoms with van der Waals surface area (Å²) in [6.45, 7) is 0.365. The number of amides is 1. The Labute approximate surface area is 172 Å². The van der Waals surface area contributed by atoms with Gasteiger partial charge in [0.25, 0.3) is 16.8 Å². The average Bonchev–Trinajstić information content (AvgIpc) is 3.28. The summed E-state index contributed by atoms with van der Waals surface area (Å²) in [5.41, 5.74) is 1.61. The van der Waals surface area contributed by atoms with E-state index in [1.54, 1.807) is 24.3 Å². The Balaban J connectivity index is 1.36. The van der Waals surface area contributed by atoms with Gasteiger partial charge in [-0.05, 0) is 54.8 Å². The van der Waals surface area contributed by atoms with E-state index >= 15 is 0 Å². The number of halogens is 1. The number of carbonyl (C=O) groups is 1. The van der Waals surface area contributed by atoms with Gasteiger partial charge in [0.05, 0.1) is 0 Å². The van der Waals surface area contributed by atoms with Gasteiger partial charge in [0.1, 0.15) is 17.2 Å². The van der Waals surface area contributed by atoms with E-state index in [2.05, 4.69) is 16.0 Å². The van der Waals surface area contributed by atoms with Crippen LogP contribution in [0.2, 0.25) is 0 Å². The zero-order valence-electron chi connectivity index (χ0n) is 16.3. The number of rotatable bonds is 7. The van der Waals surface area contributed by atoms with Crippen molar-refractivity contribution in [1.29, 1.82) is 0 Å². The Hall–Kier alpha value is -3.48. The molecule has 7 heteroatoms. The maximum atomic E-state index is 13.0. The average molecular weight is 407 g/mol. The molecule has 0 saturated heterocycles. The van der Waals surface area contributed by atoms with Gasteiger partial charge in [0.15, 0.2) is 0 Å². The number of carbonyl (C=O) groups excluding carboxylic acids is 1. The van der Waals surface area contributed by atoms with Gasteiger partial charge in [-0.2, -0.15) is 0 Å². The van der Waals surface area contributed by atoms with Gasteiger partial charge in [-0.1, -0.05) is 25.0 Å². The second-order valence-corrected chi connectivity index (χ2v) is 7.55. The first-order chi connectivity index (χ1) is 14.5. The Kier molecular flexibility index (Phi) is 5.61. The zero-order valence-corrected chi connectivity index (χ0v) is 16.3. The van der Waals surface area contributed by atoms with Gasteiger partial charge in [0.2, 0.25) is 0 Å². The summed E-state index contributed by atoms with van der Waals surface area (Å²) in [5.74, 6) is -0.667. The highest BCUT2D eigenvalue weighted by Crippen LogP contribution is 2.24. The van der Waals surface area contributed by atoms with Crippen LogP contribution in [-0.2, 0) is 6.54 Å². The molecule has 0 heterocycles. The smallest absolute Gasteiger partial charge is 0.255 e. The Bertz CT molecular complexity index is 1110. The van der Waals surface area contributed by atoms with Gasteiger partial charge in [0, 0.05) is 23.8 Å². The lowest BCUT2D eigenvalue weighted by atomic mass is 10.1. The number of nitrogens with one attached hydrogen (secondary N) is 3. The first-order valence-electron chi connectivity index (χ1n) is 10.0. The Morgan fingerprint density at radius 1 is 0.900 bits per heavy atom.